The normalized spacial score (nSPS) is 20.0. The molecule has 2 atom stereocenters. The van der Waals surface area contributed by atoms with Crippen molar-refractivity contribution in [3.8, 4) is 0 Å². The first-order chi connectivity index (χ1) is 8.16. The van der Waals surface area contributed by atoms with E-state index in [-0.39, 0.29) is 30.4 Å². The van der Waals surface area contributed by atoms with E-state index in [1.807, 2.05) is 31.2 Å². The highest BCUT2D eigenvalue weighted by molar-refractivity contribution is 7.99. The average Bonchev–Trinajstić information content (AvgIpc) is 2.82. The largest absolute Gasteiger partial charge is 0.348 e. The number of carbonyl (C=O) groups is 1. The fourth-order valence-corrected chi connectivity index (χ4v) is 2.88. The van der Waals surface area contributed by atoms with Crippen molar-refractivity contribution in [1.82, 2.24) is 10.6 Å². The Morgan fingerprint density at radius 1 is 1.61 bits per heavy atom. The highest BCUT2D eigenvalue weighted by Crippen LogP contribution is 2.18. The van der Waals surface area contributed by atoms with Crippen LogP contribution in [0.4, 0.5) is 0 Å². The van der Waals surface area contributed by atoms with Crippen LogP contribution in [0.25, 0.3) is 0 Å². The molecule has 6 heteroatoms. The molecular weight excluding hydrogens is 291 g/mol. The summed E-state index contributed by atoms with van der Waals surface area (Å²) < 4.78 is 0. The molecule has 0 saturated carbocycles. The van der Waals surface area contributed by atoms with Gasteiger partial charge in [-0.25, -0.2) is 0 Å². The van der Waals surface area contributed by atoms with Gasteiger partial charge in [0.15, 0.2) is 0 Å². The van der Waals surface area contributed by atoms with Crippen LogP contribution in [0.15, 0.2) is 24.3 Å². The molecule has 1 amide bonds. The van der Waals surface area contributed by atoms with E-state index in [1.165, 1.54) is 0 Å². The predicted octanol–water partition coefficient (Wildman–Crippen LogP) is 2.60. The van der Waals surface area contributed by atoms with E-state index in [2.05, 4.69) is 10.6 Å². The first kappa shape index (κ1) is 15.6. The summed E-state index contributed by atoms with van der Waals surface area (Å²) in [7, 11) is 0. The minimum Gasteiger partial charge on any atom is -0.348 e. The third kappa shape index (κ3) is 4.05. The lowest BCUT2D eigenvalue weighted by Crippen LogP contribution is -2.42. The van der Waals surface area contributed by atoms with Crippen LogP contribution in [-0.4, -0.2) is 23.6 Å². The fraction of sp³-hybridized carbons (Fsp3) is 0.417. The highest BCUT2D eigenvalue weighted by atomic mass is 35.5. The van der Waals surface area contributed by atoms with Crippen LogP contribution in [0.3, 0.4) is 0 Å². The molecule has 1 aliphatic heterocycles. The molecule has 0 aromatic heterocycles. The second kappa shape index (κ2) is 7.24. The number of amides is 1. The Bertz CT molecular complexity index is 411. The molecule has 2 N–H and O–H groups in total. The summed E-state index contributed by atoms with van der Waals surface area (Å²) in [6, 6.07) is 7.48. The molecule has 1 aliphatic rings. The van der Waals surface area contributed by atoms with E-state index in [9.17, 15) is 4.79 Å². The minimum atomic E-state index is -0.0679. The van der Waals surface area contributed by atoms with Crippen LogP contribution in [0.5, 0.6) is 0 Å². The van der Waals surface area contributed by atoms with Gasteiger partial charge in [0.1, 0.15) is 0 Å². The van der Waals surface area contributed by atoms with Gasteiger partial charge in [0.25, 0.3) is 0 Å². The van der Waals surface area contributed by atoms with Gasteiger partial charge in [-0.2, -0.15) is 0 Å². The van der Waals surface area contributed by atoms with E-state index >= 15 is 0 Å². The van der Waals surface area contributed by atoms with Gasteiger partial charge in [-0.3, -0.25) is 10.1 Å². The molecule has 1 aromatic carbocycles. The van der Waals surface area contributed by atoms with Crippen molar-refractivity contribution in [3.05, 3.63) is 34.9 Å². The third-order valence-corrected chi connectivity index (χ3v) is 3.92. The molecule has 1 heterocycles. The zero-order chi connectivity index (χ0) is 12.3. The summed E-state index contributed by atoms with van der Waals surface area (Å²) in [5.41, 5.74) is 1.02. The zero-order valence-corrected chi connectivity index (χ0v) is 12.4. The predicted molar refractivity (Wildman–Crippen MR) is 79.5 cm³/mol. The summed E-state index contributed by atoms with van der Waals surface area (Å²) in [5.74, 6) is 1.75. The Morgan fingerprint density at radius 3 is 3.00 bits per heavy atom. The smallest absolute Gasteiger partial charge is 0.238 e. The number of carbonyl (C=O) groups excluding carboxylic acids is 1. The minimum absolute atomic E-state index is 0. The first-order valence-electron chi connectivity index (χ1n) is 5.54. The van der Waals surface area contributed by atoms with Crippen molar-refractivity contribution in [3.63, 3.8) is 0 Å². The number of hydrogen-bond donors (Lipinski definition) is 2. The zero-order valence-electron chi connectivity index (χ0n) is 9.98. The van der Waals surface area contributed by atoms with Gasteiger partial charge >= 0.3 is 0 Å². The molecule has 2 rings (SSSR count). The summed E-state index contributed by atoms with van der Waals surface area (Å²) in [6.45, 7) is 1.96. The van der Waals surface area contributed by atoms with E-state index in [0.717, 1.165) is 17.2 Å². The molecule has 100 valence electrons. The molecule has 1 saturated heterocycles. The molecule has 0 aliphatic carbocycles. The maximum atomic E-state index is 11.9. The summed E-state index contributed by atoms with van der Waals surface area (Å²) in [4.78, 5) is 11.9. The van der Waals surface area contributed by atoms with Crippen LogP contribution in [-0.2, 0) is 4.79 Å². The molecule has 18 heavy (non-hydrogen) atoms. The Morgan fingerprint density at radius 2 is 2.39 bits per heavy atom. The maximum Gasteiger partial charge on any atom is 0.238 e. The van der Waals surface area contributed by atoms with Gasteiger partial charge in [0.05, 0.1) is 12.1 Å². The highest BCUT2D eigenvalue weighted by Gasteiger charge is 2.23. The number of halogens is 2. The van der Waals surface area contributed by atoms with E-state index in [1.54, 1.807) is 11.8 Å². The second-order valence-corrected chi connectivity index (χ2v) is 5.52. The summed E-state index contributed by atoms with van der Waals surface area (Å²) >= 11 is 7.67. The molecule has 1 aromatic rings. The van der Waals surface area contributed by atoms with Gasteiger partial charge in [0, 0.05) is 16.7 Å². The van der Waals surface area contributed by atoms with Crippen molar-refractivity contribution in [2.45, 2.75) is 19.0 Å². The fourth-order valence-electron chi connectivity index (χ4n) is 1.74. The van der Waals surface area contributed by atoms with Crippen molar-refractivity contribution in [1.29, 1.82) is 0 Å². The van der Waals surface area contributed by atoms with Gasteiger partial charge in [-0.15, -0.1) is 24.2 Å². The Labute approximate surface area is 122 Å². The molecule has 1 unspecified atom stereocenters. The average molecular weight is 307 g/mol. The van der Waals surface area contributed by atoms with E-state index < -0.39 is 0 Å². The molecular formula is C12H16Cl2N2OS. The third-order valence-electron chi connectivity index (χ3n) is 2.74. The van der Waals surface area contributed by atoms with Crippen molar-refractivity contribution in [2.24, 2.45) is 0 Å². The quantitative estimate of drug-likeness (QED) is 0.902. The number of hydrogen-bond acceptors (Lipinski definition) is 3. The Hall–Kier alpha value is -0.420. The number of benzene rings is 1. The molecule has 3 nitrogen and oxygen atoms in total. The first-order valence-corrected chi connectivity index (χ1v) is 7.07. The number of nitrogens with one attached hydrogen (secondary N) is 2. The van der Waals surface area contributed by atoms with Crippen LogP contribution in [0.2, 0.25) is 5.02 Å². The lowest BCUT2D eigenvalue weighted by atomic mass is 10.1. The van der Waals surface area contributed by atoms with Crippen molar-refractivity contribution < 1.29 is 4.79 Å². The van der Waals surface area contributed by atoms with E-state index in [0.29, 0.717) is 5.02 Å². The van der Waals surface area contributed by atoms with E-state index in [4.69, 9.17) is 11.6 Å². The lowest BCUT2D eigenvalue weighted by Gasteiger charge is -2.17. The summed E-state index contributed by atoms with van der Waals surface area (Å²) in [6.07, 6.45) is 0. The van der Waals surface area contributed by atoms with Crippen molar-refractivity contribution in [2.75, 3.05) is 11.6 Å². The number of rotatable bonds is 3. The second-order valence-electron chi connectivity index (χ2n) is 4.06. The Kier molecular flexibility index (Phi) is 6.29. The van der Waals surface area contributed by atoms with Gasteiger partial charge in [-0.1, -0.05) is 23.7 Å². The van der Waals surface area contributed by atoms with Crippen LogP contribution in [0.1, 0.15) is 18.5 Å². The van der Waals surface area contributed by atoms with Crippen LogP contribution >= 0.6 is 35.8 Å². The monoisotopic (exact) mass is 306 g/mol. The SMILES string of the molecule is C[C@@H](NC(=O)C1CSCN1)c1cccc(Cl)c1.Cl. The molecule has 0 bridgehead atoms. The van der Waals surface area contributed by atoms with Gasteiger partial charge in [-0.05, 0) is 24.6 Å². The van der Waals surface area contributed by atoms with Crippen LogP contribution < -0.4 is 10.6 Å². The Balaban J connectivity index is 0.00000162. The maximum absolute atomic E-state index is 11.9. The van der Waals surface area contributed by atoms with Crippen LogP contribution in [0, 0.1) is 0 Å². The standard InChI is InChI=1S/C12H15ClN2OS.ClH/c1-8(9-3-2-4-10(13)5-9)15-12(16)11-6-17-7-14-11;/h2-5,8,11,14H,6-7H2,1H3,(H,15,16);1H/t8-,11?;/m1./s1. The van der Waals surface area contributed by atoms with Gasteiger partial charge in [0.2, 0.25) is 5.91 Å². The van der Waals surface area contributed by atoms with Crippen molar-refractivity contribution >= 4 is 41.7 Å². The molecule has 0 spiro atoms. The summed E-state index contributed by atoms with van der Waals surface area (Å²) in [5, 5.41) is 6.83. The molecule has 1 fully saturated rings. The van der Waals surface area contributed by atoms with Gasteiger partial charge < -0.3 is 5.32 Å². The molecule has 0 radical (unpaired) electrons. The lowest BCUT2D eigenvalue weighted by molar-refractivity contribution is -0.123. The number of thioether (sulfide) groups is 1. The topological polar surface area (TPSA) is 41.1 Å².